The quantitative estimate of drug-likeness (QED) is 0.103. The maximum absolute atomic E-state index is 12.2. The summed E-state index contributed by atoms with van der Waals surface area (Å²) in [6, 6.07) is 0. The normalized spacial score (nSPS) is 41.8. The van der Waals surface area contributed by atoms with Crippen molar-refractivity contribution in [1.29, 1.82) is 0 Å². The van der Waals surface area contributed by atoms with E-state index in [9.17, 15) is 38.4 Å². The molecular weight excluding hydrogens is 1520 g/mol. The van der Waals surface area contributed by atoms with Crippen LogP contribution >= 0.6 is 0 Å². The molecule has 12 heterocycles. The van der Waals surface area contributed by atoms with Crippen LogP contribution in [0, 0.1) is 90.7 Å². The average Bonchev–Trinajstić information content (AvgIpc) is 1.58. The van der Waals surface area contributed by atoms with E-state index in [2.05, 4.69) is 125 Å². The average molecular weight is 1690 g/mol. The van der Waals surface area contributed by atoms with Crippen molar-refractivity contribution in [2.24, 2.45) is 90.7 Å². The van der Waals surface area contributed by atoms with Gasteiger partial charge in [0.2, 0.25) is 0 Å². The predicted molar refractivity (Wildman–Crippen MR) is 464 cm³/mol. The van der Waals surface area contributed by atoms with E-state index in [1.807, 2.05) is 41.5 Å². The summed E-state index contributed by atoms with van der Waals surface area (Å²) < 4.78 is 66.5. The maximum atomic E-state index is 12.2. The molecule has 0 aromatic heterocycles. The van der Waals surface area contributed by atoms with Gasteiger partial charge in [-0.2, -0.15) is 0 Å². The van der Waals surface area contributed by atoms with E-state index in [0.717, 1.165) is 158 Å². The molecule has 0 amide bonds. The van der Waals surface area contributed by atoms with Gasteiger partial charge in [0.15, 0.2) is 0 Å². The van der Waals surface area contributed by atoms with Gasteiger partial charge in [-0.25, -0.2) is 0 Å². The standard InChI is InChI=1S/2C14H24O2.2C13H22O3.2C12H20O2.2C11H18O3/c1-5-10-7-11(6-2)14(8-10)9-13(3,4)16-12(14)15;1-5-10-7-11(6-2)14(8-10)9-12(15)16-13(14,3)4;1-5-9-7-13(10(6-2)15-9)8-12(3,4)16-11(13)14;1-5-9-7-13(10(6-2)15-9)8-11(14)16-12(13,3)4;1-3-9-5-10(4-2)12(6-9)7-11(13)14-8-12;1-3-9-7-10(4-2)12(8-9)5-6-14-11(12)13;1-3-8-5-11(9(4-2)14-8)6-10(12)13-7-11;1-3-8-7-11(9(4-2)14-8)5-6-13-10(11)12/h2*10-11H,5-9H2,1-4H3;2*9-10H,5-8H2,1-4H3;2*9-10H,3-8H2,1-2H3;2*8-9H,3-7H2,1-2H3. The molecule has 16 rings (SSSR count). The number of carbonyl (C=O) groups excluding carboxylic acids is 8. The lowest BCUT2D eigenvalue weighted by Gasteiger charge is -2.40. The maximum Gasteiger partial charge on any atom is 0.315 e. The van der Waals surface area contributed by atoms with Crippen molar-refractivity contribution in [3.63, 3.8) is 0 Å². The Bertz CT molecular complexity index is 3230. The van der Waals surface area contributed by atoms with E-state index < -0.39 is 0 Å². The second kappa shape index (κ2) is 40.3. The molecule has 688 valence electrons. The molecule has 20 heteroatoms. The number of rotatable bonds is 16. The second-order valence-electron chi connectivity index (χ2n) is 42.4. The molecule has 0 bridgehead atoms. The number of hydrogen-bond acceptors (Lipinski definition) is 20. The molecule has 24 atom stereocenters. The fraction of sp³-hybridized carbons (Fsp3) is 0.920. The molecule has 0 aromatic carbocycles. The molecule has 20 nitrogen and oxygen atoms in total. The Kier molecular flexibility index (Phi) is 33.4. The van der Waals surface area contributed by atoms with E-state index >= 15 is 0 Å². The van der Waals surface area contributed by atoms with Crippen molar-refractivity contribution in [2.75, 3.05) is 26.4 Å². The van der Waals surface area contributed by atoms with Gasteiger partial charge < -0.3 is 56.8 Å². The van der Waals surface area contributed by atoms with E-state index in [4.69, 9.17) is 56.8 Å². The zero-order valence-electron chi connectivity index (χ0n) is 79.7. The van der Waals surface area contributed by atoms with E-state index in [-0.39, 0.29) is 150 Å². The summed E-state index contributed by atoms with van der Waals surface area (Å²) in [6.07, 6.45) is 38.1. The molecule has 24 unspecified atom stereocenters. The Morgan fingerprint density at radius 3 is 1.04 bits per heavy atom. The zero-order valence-corrected chi connectivity index (χ0v) is 79.7. The summed E-state index contributed by atoms with van der Waals surface area (Å²) in [5.74, 6) is 5.66. The van der Waals surface area contributed by atoms with Crippen molar-refractivity contribution in [3.8, 4) is 0 Å². The lowest BCUT2D eigenvalue weighted by atomic mass is 9.65. The van der Waals surface area contributed by atoms with Gasteiger partial charge in [0, 0.05) is 40.9 Å². The van der Waals surface area contributed by atoms with Gasteiger partial charge in [-0.3, -0.25) is 38.4 Å². The van der Waals surface area contributed by atoms with Crippen LogP contribution in [0.5, 0.6) is 0 Å². The third kappa shape index (κ3) is 20.1. The largest absolute Gasteiger partial charge is 0.465 e. The molecule has 0 N–H and O–H groups in total. The lowest BCUT2D eigenvalue weighted by Crippen LogP contribution is -2.45. The minimum Gasteiger partial charge on any atom is -0.465 e. The van der Waals surface area contributed by atoms with E-state index in [0.29, 0.717) is 82.1 Å². The van der Waals surface area contributed by atoms with Crippen LogP contribution in [0.25, 0.3) is 0 Å². The van der Waals surface area contributed by atoms with Gasteiger partial charge in [-0.15, -0.1) is 0 Å². The highest BCUT2D eigenvalue weighted by Crippen LogP contribution is 2.64. The molecule has 0 aromatic rings. The SMILES string of the molecule is CCC1CC(CC)C2(C1)CC(C)(C)OC2=O.CCC1CC(CC)C2(CC(=O)OC2(C)C)C1.CCC1CC(CC)C2(CCOC2=O)C1.CCC1CC(CC)C2(COC(=O)C2)C1.CCC1CC2(CC(=O)OC2(C)C)C(CC)O1.CCC1CC2(CC(C)(C)OC2=O)C(CC)O1.CCC1CC2(CCOC2=O)C(CC)O1.CCC1CC2(COC(=O)C2)C(CC)O1. The molecule has 4 aliphatic carbocycles. The van der Waals surface area contributed by atoms with Gasteiger partial charge in [0.05, 0.1) is 111 Å². The molecule has 120 heavy (non-hydrogen) atoms. The van der Waals surface area contributed by atoms with Gasteiger partial charge >= 0.3 is 47.8 Å². The first-order chi connectivity index (χ1) is 56.6. The molecule has 12 aliphatic heterocycles. The van der Waals surface area contributed by atoms with Crippen LogP contribution in [0.3, 0.4) is 0 Å². The monoisotopic (exact) mass is 1690 g/mol. The summed E-state index contributed by atoms with van der Waals surface area (Å²) in [5, 5.41) is 0. The third-order valence-corrected chi connectivity index (χ3v) is 33.8. The summed E-state index contributed by atoms with van der Waals surface area (Å²) >= 11 is 0. The van der Waals surface area contributed by atoms with Crippen LogP contribution in [-0.2, 0) is 95.2 Å². The molecule has 4 saturated carbocycles. The van der Waals surface area contributed by atoms with Crippen LogP contribution in [-0.4, -0.2) is 145 Å². The number of carbonyl (C=O) groups is 8. The molecule has 16 fully saturated rings. The Hall–Kier alpha value is -4.40. The Balaban J connectivity index is 0.000000156. The van der Waals surface area contributed by atoms with Crippen molar-refractivity contribution < 1.29 is 95.2 Å². The second-order valence-corrected chi connectivity index (χ2v) is 42.4. The minimum absolute atomic E-state index is 0.00646. The van der Waals surface area contributed by atoms with E-state index in [1.54, 1.807) is 0 Å². The zero-order chi connectivity index (χ0) is 88.6. The fourth-order valence-corrected chi connectivity index (χ4v) is 27.0. The fourth-order valence-electron chi connectivity index (χ4n) is 27.0. The highest BCUT2D eigenvalue weighted by molar-refractivity contribution is 5.82. The molecule has 8 spiro atoms. The van der Waals surface area contributed by atoms with Crippen LogP contribution < -0.4 is 0 Å². The highest BCUT2D eigenvalue weighted by atomic mass is 16.6. The van der Waals surface area contributed by atoms with Crippen LogP contribution in [0.2, 0.25) is 0 Å². The van der Waals surface area contributed by atoms with Gasteiger partial charge in [0.1, 0.15) is 34.4 Å². The summed E-state index contributed by atoms with van der Waals surface area (Å²) in [4.78, 5) is 93.6. The smallest absolute Gasteiger partial charge is 0.315 e. The molecule has 0 radical (unpaired) electrons. The topological polar surface area (TPSA) is 247 Å². The molecular formula is C100H168O20. The first kappa shape index (κ1) is 99.4. The Morgan fingerprint density at radius 1 is 0.275 bits per heavy atom. The highest BCUT2D eigenvalue weighted by Gasteiger charge is 2.67. The van der Waals surface area contributed by atoms with Crippen molar-refractivity contribution >= 4 is 47.8 Å². The van der Waals surface area contributed by atoms with Gasteiger partial charge in [-0.05, 0) is 238 Å². The number of cyclic esters (lactones) is 8. The van der Waals surface area contributed by atoms with Gasteiger partial charge in [-0.1, -0.05) is 162 Å². The number of hydrogen-bond donors (Lipinski definition) is 0. The lowest BCUT2D eigenvalue weighted by molar-refractivity contribution is -0.155. The minimum atomic E-state index is -0.380. The Labute approximate surface area is 724 Å². The number of esters is 8. The number of ether oxygens (including phenoxy) is 12. The van der Waals surface area contributed by atoms with Crippen LogP contribution in [0.15, 0.2) is 0 Å². The summed E-state index contributed by atoms with van der Waals surface area (Å²) in [7, 11) is 0. The van der Waals surface area contributed by atoms with Crippen LogP contribution in [0.4, 0.5) is 0 Å². The summed E-state index contributed by atoms with van der Waals surface area (Å²) in [5.41, 5.74) is -1.81. The van der Waals surface area contributed by atoms with Gasteiger partial charge in [0.25, 0.3) is 0 Å². The first-order valence-electron chi connectivity index (χ1n) is 48.8. The van der Waals surface area contributed by atoms with Crippen molar-refractivity contribution in [3.05, 3.63) is 0 Å². The summed E-state index contributed by atoms with van der Waals surface area (Å²) in [6.45, 7) is 53.7. The van der Waals surface area contributed by atoms with Crippen molar-refractivity contribution in [2.45, 2.75) is 469 Å². The van der Waals surface area contributed by atoms with E-state index in [1.165, 1.54) is 77.0 Å². The Morgan fingerprint density at radius 2 is 0.642 bits per heavy atom. The molecule has 12 saturated heterocycles. The van der Waals surface area contributed by atoms with Crippen LogP contribution in [0.1, 0.15) is 397 Å². The third-order valence-electron chi connectivity index (χ3n) is 33.8. The first-order valence-corrected chi connectivity index (χ1v) is 48.8. The van der Waals surface area contributed by atoms with Crippen molar-refractivity contribution in [1.82, 2.24) is 0 Å². The molecule has 16 aliphatic rings. The predicted octanol–water partition coefficient (Wildman–Crippen LogP) is 21.8.